The Morgan fingerprint density at radius 1 is 1.19 bits per heavy atom. The number of methoxy groups -OCH3 is 1. The van der Waals surface area contributed by atoms with Gasteiger partial charge < -0.3 is 19.9 Å². The Hall–Kier alpha value is -2.53. The molecule has 3 rings (SSSR count). The molecule has 0 saturated heterocycles. The smallest absolute Gasteiger partial charge is 0.246 e. The molecule has 5 heteroatoms. The molecule has 1 aliphatic rings. The molecule has 0 bridgehead atoms. The summed E-state index contributed by atoms with van der Waals surface area (Å²) in [6, 6.07) is 17.2. The lowest BCUT2D eigenvalue weighted by atomic mass is 10.0. The van der Waals surface area contributed by atoms with E-state index in [1.54, 1.807) is 0 Å². The van der Waals surface area contributed by atoms with Crippen molar-refractivity contribution < 1.29 is 9.53 Å². The third-order valence-electron chi connectivity index (χ3n) is 4.86. The molecule has 0 fully saturated rings. The molecular weight excluding hydrogens is 326 g/mol. The van der Waals surface area contributed by atoms with Crippen LogP contribution in [0.5, 0.6) is 0 Å². The van der Waals surface area contributed by atoms with Crippen molar-refractivity contribution in [2.75, 3.05) is 50.7 Å². The number of para-hydroxylation sites is 1. The molecule has 0 aromatic heterocycles. The van der Waals surface area contributed by atoms with E-state index in [9.17, 15) is 4.79 Å². The van der Waals surface area contributed by atoms with Crippen LogP contribution >= 0.6 is 0 Å². The first-order valence-electron chi connectivity index (χ1n) is 8.97. The van der Waals surface area contributed by atoms with Crippen LogP contribution in [0.25, 0.3) is 0 Å². The molecule has 0 spiro atoms. The number of benzene rings is 2. The second-order valence-electron chi connectivity index (χ2n) is 6.81. The molecule has 2 aromatic carbocycles. The second-order valence-corrected chi connectivity index (χ2v) is 6.81. The van der Waals surface area contributed by atoms with Crippen molar-refractivity contribution in [3.8, 4) is 0 Å². The van der Waals surface area contributed by atoms with Gasteiger partial charge in [-0.3, -0.25) is 4.79 Å². The summed E-state index contributed by atoms with van der Waals surface area (Å²) in [5.41, 5.74) is 4.99. The molecule has 2 aromatic rings. The standard InChI is InChI=1S/C21H27N3O2/c1-23(2)18-10-8-17(9-11-18)20(14-22-21(25)15-26-3)24-13-12-16-6-4-5-7-19(16)24/h4-11,20H,12-15H2,1-3H3,(H,22,25)/t20-/m0/s1. The average Bonchev–Trinajstić information content (AvgIpc) is 3.07. The van der Waals surface area contributed by atoms with Crippen molar-refractivity contribution in [1.82, 2.24) is 5.32 Å². The molecule has 0 aliphatic carbocycles. The van der Waals surface area contributed by atoms with E-state index in [2.05, 4.69) is 63.6 Å². The first-order chi connectivity index (χ1) is 12.6. The predicted molar refractivity (Wildman–Crippen MR) is 106 cm³/mol. The molecule has 0 saturated carbocycles. The summed E-state index contributed by atoms with van der Waals surface area (Å²) in [5, 5.41) is 3.01. The Bertz CT molecular complexity index is 743. The van der Waals surface area contributed by atoms with Crippen LogP contribution in [0, 0.1) is 0 Å². The molecule has 138 valence electrons. The predicted octanol–water partition coefficient (Wildman–Crippen LogP) is 2.62. The number of amides is 1. The van der Waals surface area contributed by atoms with Gasteiger partial charge in [0.05, 0.1) is 6.04 Å². The Balaban J connectivity index is 1.86. The first-order valence-corrected chi connectivity index (χ1v) is 8.97. The van der Waals surface area contributed by atoms with Crippen molar-refractivity contribution in [3.63, 3.8) is 0 Å². The molecule has 5 nitrogen and oxygen atoms in total. The van der Waals surface area contributed by atoms with Crippen LogP contribution in [0.1, 0.15) is 17.2 Å². The first kappa shape index (κ1) is 18.3. The zero-order chi connectivity index (χ0) is 18.5. The summed E-state index contributed by atoms with van der Waals surface area (Å²) in [6.07, 6.45) is 1.04. The number of anilines is 2. The highest BCUT2D eigenvalue weighted by Gasteiger charge is 2.27. The van der Waals surface area contributed by atoms with E-state index in [4.69, 9.17) is 4.74 Å². The van der Waals surface area contributed by atoms with Crippen molar-refractivity contribution in [3.05, 3.63) is 59.7 Å². The molecule has 1 aliphatic heterocycles. The minimum Gasteiger partial charge on any atom is -0.378 e. The number of nitrogens with zero attached hydrogens (tertiary/aromatic N) is 2. The zero-order valence-corrected chi connectivity index (χ0v) is 15.7. The van der Waals surface area contributed by atoms with E-state index < -0.39 is 0 Å². The van der Waals surface area contributed by atoms with E-state index >= 15 is 0 Å². The van der Waals surface area contributed by atoms with Gasteiger partial charge in [-0.15, -0.1) is 0 Å². The Morgan fingerprint density at radius 3 is 2.62 bits per heavy atom. The maximum atomic E-state index is 11.9. The highest BCUT2D eigenvalue weighted by atomic mass is 16.5. The van der Waals surface area contributed by atoms with Gasteiger partial charge in [-0.2, -0.15) is 0 Å². The fraction of sp³-hybridized carbons (Fsp3) is 0.381. The molecular formula is C21H27N3O2. The molecule has 1 heterocycles. The van der Waals surface area contributed by atoms with E-state index in [1.807, 2.05) is 14.1 Å². The summed E-state index contributed by atoms with van der Waals surface area (Å²) in [7, 11) is 5.61. The molecule has 1 N–H and O–H groups in total. The number of fused-ring (bicyclic) bond motifs is 1. The topological polar surface area (TPSA) is 44.8 Å². The van der Waals surface area contributed by atoms with Crippen molar-refractivity contribution in [2.24, 2.45) is 0 Å². The molecule has 0 radical (unpaired) electrons. The van der Waals surface area contributed by atoms with Crippen LogP contribution in [0.15, 0.2) is 48.5 Å². The molecule has 0 unspecified atom stereocenters. The summed E-state index contributed by atoms with van der Waals surface area (Å²) >= 11 is 0. The lowest BCUT2D eigenvalue weighted by Gasteiger charge is -2.31. The van der Waals surface area contributed by atoms with Gasteiger partial charge in [0.1, 0.15) is 6.61 Å². The van der Waals surface area contributed by atoms with Gasteiger partial charge in [0.2, 0.25) is 5.91 Å². The maximum Gasteiger partial charge on any atom is 0.246 e. The maximum absolute atomic E-state index is 11.9. The fourth-order valence-electron chi connectivity index (χ4n) is 3.48. The van der Waals surface area contributed by atoms with Crippen LogP contribution in [0.4, 0.5) is 11.4 Å². The number of carbonyl (C=O) groups is 1. The summed E-state index contributed by atoms with van der Waals surface area (Å²) in [6.45, 7) is 1.60. The van der Waals surface area contributed by atoms with Gasteiger partial charge in [-0.1, -0.05) is 30.3 Å². The van der Waals surface area contributed by atoms with Crippen LogP contribution in [0.3, 0.4) is 0 Å². The van der Waals surface area contributed by atoms with Gasteiger partial charge >= 0.3 is 0 Å². The van der Waals surface area contributed by atoms with Gasteiger partial charge in [-0.05, 0) is 35.7 Å². The number of hydrogen-bond donors (Lipinski definition) is 1. The third kappa shape index (κ3) is 3.99. The fourth-order valence-corrected chi connectivity index (χ4v) is 3.48. The summed E-state index contributed by atoms with van der Waals surface area (Å²) in [5.74, 6) is -0.0881. The normalized spacial score (nSPS) is 14.0. The van der Waals surface area contributed by atoms with Crippen molar-refractivity contribution >= 4 is 17.3 Å². The number of rotatable bonds is 7. The monoisotopic (exact) mass is 353 g/mol. The SMILES string of the molecule is COCC(=O)NC[C@@H](c1ccc(N(C)C)cc1)N1CCc2ccccc21. The number of nitrogens with one attached hydrogen (secondary N) is 1. The lowest BCUT2D eigenvalue weighted by Crippen LogP contribution is -2.38. The quantitative estimate of drug-likeness (QED) is 0.831. The van der Waals surface area contributed by atoms with Crippen LogP contribution in [0.2, 0.25) is 0 Å². The molecule has 1 amide bonds. The highest BCUT2D eigenvalue weighted by Crippen LogP contribution is 2.35. The highest BCUT2D eigenvalue weighted by molar-refractivity contribution is 5.77. The number of carbonyl (C=O) groups excluding carboxylic acids is 1. The minimum atomic E-state index is -0.0881. The molecule has 26 heavy (non-hydrogen) atoms. The van der Waals surface area contributed by atoms with Gasteiger partial charge in [0.15, 0.2) is 0 Å². The molecule has 1 atom stereocenters. The van der Waals surface area contributed by atoms with E-state index in [0.717, 1.165) is 18.7 Å². The van der Waals surface area contributed by atoms with Gasteiger partial charge in [0.25, 0.3) is 0 Å². The van der Waals surface area contributed by atoms with E-state index in [1.165, 1.54) is 23.9 Å². The van der Waals surface area contributed by atoms with Gasteiger partial charge in [0, 0.05) is 45.7 Å². The van der Waals surface area contributed by atoms with Crippen molar-refractivity contribution in [1.29, 1.82) is 0 Å². The Kier molecular flexibility index (Phi) is 5.78. The van der Waals surface area contributed by atoms with Crippen molar-refractivity contribution in [2.45, 2.75) is 12.5 Å². The number of ether oxygens (including phenoxy) is 1. The summed E-state index contributed by atoms with van der Waals surface area (Å²) in [4.78, 5) is 16.4. The Morgan fingerprint density at radius 2 is 1.92 bits per heavy atom. The minimum absolute atomic E-state index is 0.0862. The van der Waals surface area contributed by atoms with E-state index in [-0.39, 0.29) is 18.6 Å². The largest absolute Gasteiger partial charge is 0.378 e. The average molecular weight is 353 g/mol. The summed E-state index contributed by atoms with van der Waals surface area (Å²) < 4.78 is 4.93. The van der Waals surface area contributed by atoms with E-state index in [0.29, 0.717) is 6.54 Å². The number of hydrogen-bond acceptors (Lipinski definition) is 4. The third-order valence-corrected chi connectivity index (χ3v) is 4.86. The second kappa shape index (κ2) is 8.23. The van der Waals surface area contributed by atoms with Crippen LogP contribution in [-0.4, -0.2) is 46.8 Å². The van der Waals surface area contributed by atoms with Crippen LogP contribution in [-0.2, 0) is 16.0 Å². The Labute approximate surface area is 155 Å². The van der Waals surface area contributed by atoms with Crippen LogP contribution < -0.4 is 15.1 Å². The van der Waals surface area contributed by atoms with Gasteiger partial charge in [-0.25, -0.2) is 0 Å². The zero-order valence-electron chi connectivity index (χ0n) is 15.7. The lowest BCUT2D eigenvalue weighted by molar-refractivity contribution is -0.124.